The minimum Gasteiger partial charge on any atom is -0.497 e. The Kier molecular flexibility index (Phi) is 8.19. The number of nitrogens with zero attached hydrogens (tertiary/aromatic N) is 1. The predicted octanol–water partition coefficient (Wildman–Crippen LogP) is 4.95. The van der Waals surface area contributed by atoms with Crippen LogP contribution in [-0.2, 0) is 32.4 Å². The van der Waals surface area contributed by atoms with Gasteiger partial charge in [0.2, 0.25) is 5.91 Å². The van der Waals surface area contributed by atoms with Crippen LogP contribution in [0.15, 0.2) is 53.4 Å². The van der Waals surface area contributed by atoms with Crippen molar-refractivity contribution in [2.24, 2.45) is 0 Å². The molecular formula is C27H30N2O6S2. The lowest BCUT2D eigenvalue weighted by atomic mass is 9.95. The van der Waals surface area contributed by atoms with Gasteiger partial charge in [0.25, 0.3) is 10.0 Å². The number of benzene rings is 2. The molecule has 0 saturated carbocycles. The van der Waals surface area contributed by atoms with Gasteiger partial charge in [-0.1, -0.05) is 17.7 Å². The van der Waals surface area contributed by atoms with E-state index in [0.29, 0.717) is 22.0 Å². The lowest BCUT2D eigenvalue weighted by Crippen LogP contribution is -2.38. The monoisotopic (exact) mass is 542 g/mol. The van der Waals surface area contributed by atoms with Crippen molar-refractivity contribution in [2.45, 2.75) is 44.4 Å². The molecule has 0 bridgehead atoms. The van der Waals surface area contributed by atoms with Crippen LogP contribution in [0.2, 0.25) is 0 Å². The first-order valence-electron chi connectivity index (χ1n) is 12.1. The number of carbonyl (C=O) groups excluding carboxylic acids is 2. The summed E-state index contributed by atoms with van der Waals surface area (Å²) in [4.78, 5) is 27.2. The van der Waals surface area contributed by atoms with Crippen molar-refractivity contribution < 1.29 is 27.5 Å². The molecule has 1 amide bonds. The van der Waals surface area contributed by atoms with E-state index in [1.807, 2.05) is 6.92 Å². The van der Waals surface area contributed by atoms with Gasteiger partial charge in [0.15, 0.2) is 0 Å². The highest BCUT2D eigenvalue weighted by atomic mass is 32.2. The highest BCUT2D eigenvalue weighted by Crippen LogP contribution is 2.38. The predicted molar refractivity (Wildman–Crippen MR) is 144 cm³/mol. The smallest absolute Gasteiger partial charge is 0.341 e. The van der Waals surface area contributed by atoms with E-state index in [1.165, 1.54) is 30.6 Å². The van der Waals surface area contributed by atoms with E-state index in [9.17, 15) is 18.0 Å². The van der Waals surface area contributed by atoms with Gasteiger partial charge in [-0.3, -0.25) is 9.10 Å². The second-order valence-corrected chi connectivity index (χ2v) is 11.7. The molecule has 1 heterocycles. The number of methoxy groups -OCH3 is 1. The number of ether oxygens (including phenoxy) is 2. The third-order valence-electron chi connectivity index (χ3n) is 6.16. The average Bonchev–Trinajstić information content (AvgIpc) is 3.25. The number of carbonyl (C=O) groups is 2. The molecule has 0 saturated heterocycles. The molecule has 10 heteroatoms. The van der Waals surface area contributed by atoms with Gasteiger partial charge in [-0.05, 0) is 81.5 Å². The SMILES string of the molecule is CCOC(=O)c1c(NC(=O)CN(c2ccc(C)cc2)S(=O)(=O)c2ccc(OC)cc2)sc2c1CCCC2. The van der Waals surface area contributed by atoms with Gasteiger partial charge in [0.05, 0.1) is 29.9 Å². The Hall–Kier alpha value is -3.37. The summed E-state index contributed by atoms with van der Waals surface area (Å²) >= 11 is 1.36. The van der Waals surface area contributed by atoms with E-state index in [1.54, 1.807) is 43.3 Å². The molecule has 196 valence electrons. The fourth-order valence-corrected chi connectivity index (χ4v) is 6.99. The third kappa shape index (κ3) is 5.80. The van der Waals surface area contributed by atoms with Crippen LogP contribution < -0.4 is 14.4 Å². The van der Waals surface area contributed by atoms with Crippen LogP contribution in [0.3, 0.4) is 0 Å². The molecule has 0 spiro atoms. The lowest BCUT2D eigenvalue weighted by Gasteiger charge is -2.24. The summed E-state index contributed by atoms with van der Waals surface area (Å²) in [6, 6.07) is 12.9. The second kappa shape index (κ2) is 11.4. The van der Waals surface area contributed by atoms with Gasteiger partial charge in [-0.2, -0.15) is 0 Å². The molecule has 0 atom stereocenters. The topological polar surface area (TPSA) is 102 Å². The zero-order chi connectivity index (χ0) is 26.6. The molecule has 1 aliphatic carbocycles. The maximum Gasteiger partial charge on any atom is 0.341 e. The molecule has 0 unspecified atom stereocenters. The highest BCUT2D eigenvalue weighted by Gasteiger charge is 2.30. The summed E-state index contributed by atoms with van der Waals surface area (Å²) in [6.07, 6.45) is 3.57. The lowest BCUT2D eigenvalue weighted by molar-refractivity contribution is -0.114. The fourth-order valence-electron chi connectivity index (χ4n) is 4.27. The van der Waals surface area contributed by atoms with Crippen molar-refractivity contribution in [2.75, 3.05) is 29.9 Å². The Balaban J connectivity index is 1.66. The van der Waals surface area contributed by atoms with Gasteiger partial charge in [-0.25, -0.2) is 13.2 Å². The number of nitrogens with one attached hydrogen (secondary N) is 1. The zero-order valence-electron chi connectivity index (χ0n) is 21.1. The number of hydrogen-bond acceptors (Lipinski definition) is 7. The summed E-state index contributed by atoms with van der Waals surface area (Å²) in [6.45, 7) is 3.38. The number of sulfonamides is 1. The van der Waals surface area contributed by atoms with Crippen molar-refractivity contribution in [3.8, 4) is 5.75 Å². The summed E-state index contributed by atoms with van der Waals surface area (Å²) in [5, 5.41) is 3.22. The Bertz CT molecular complexity index is 1380. The largest absolute Gasteiger partial charge is 0.497 e. The van der Waals surface area contributed by atoms with Crippen LogP contribution in [0.1, 0.15) is 46.1 Å². The van der Waals surface area contributed by atoms with Gasteiger partial charge in [-0.15, -0.1) is 11.3 Å². The highest BCUT2D eigenvalue weighted by molar-refractivity contribution is 7.92. The summed E-state index contributed by atoms with van der Waals surface area (Å²) in [5.41, 5.74) is 2.62. The Morgan fingerprint density at radius 2 is 1.70 bits per heavy atom. The van der Waals surface area contributed by atoms with E-state index in [2.05, 4.69) is 5.32 Å². The summed E-state index contributed by atoms with van der Waals surface area (Å²) < 4.78 is 38.8. The Morgan fingerprint density at radius 3 is 2.35 bits per heavy atom. The average molecular weight is 543 g/mol. The number of fused-ring (bicyclic) bond motifs is 1. The van der Waals surface area contributed by atoms with Crippen molar-refractivity contribution >= 4 is 43.9 Å². The minimum atomic E-state index is -4.09. The van der Waals surface area contributed by atoms with Crippen molar-refractivity contribution in [1.82, 2.24) is 0 Å². The number of anilines is 2. The van der Waals surface area contributed by atoms with E-state index in [4.69, 9.17) is 9.47 Å². The minimum absolute atomic E-state index is 0.0282. The zero-order valence-corrected chi connectivity index (χ0v) is 22.7. The van der Waals surface area contributed by atoms with Gasteiger partial charge < -0.3 is 14.8 Å². The standard InChI is InChI=1S/C27H30N2O6S2/c1-4-35-27(31)25-22-7-5-6-8-23(22)36-26(25)28-24(30)17-29(19-11-9-18(2)10-12-19)37(32,33)21-15-13-20(34-3)14-16-21/h9-16H,4-8,17H2,1-3H3,(H,28,30). The number of amides is 1. The molecular weight excluding hydrogens is 512 g/mol. The molecule has 1 aromatic heterocycles. The molecule has 0 aliphatic heterocycles. The van der Waals surface area contributed by atoms with Crippen LogP contribution in [-0.4, -0.2) is 40.6 Å². The first-order chi connectivity index (χ1) is 17.7. The van der Waals surface area contributed by atoms with Crippen molar-refractivity contribution in [3.63, 3.8) is 0 Å². The molecule has 37 heavy (non-hydrogen) atoms. The second-order valence-electron chi connectivity index (χ2n) is 8.71. The van der Waals surface area contributed by atoms with Crippen molar-refractivity contribution in [1.29, 1.82) is 0 Å². The molecule has 0 radical (unpaired) electrons. The maximum atomic E-state index is 13.7. The summed E-state index contributed by atoms with van der Waals surface area (Å²) in [5.74, 6) is -0.507. The van der Waals surface area contributed by atoms with E-state index >= 15 is 0 Å². The first-order valence-corrected chi connectivity index (χ1v) is 14.3. The van der Waals surface area contributed by atoms with Crippen LogP contribution in [0.4, 0.5) is 10.7 Å². The number of rotatable bonds is 9. The molecule has 4 rings (SSSR count). The van der Waals surface area contributed by atoms with Crippen LogP contribution >= 0.6 is 11.3 Å². The van der Waals surface area contributed by atoms with Crippen LogP contribution in [0, 0.1) is 6.92 Å². The summed E-state index contributed by atoms with van der Waals surface area (Å²) in [7, 11) is -2.59. The van der Waals surface area contributed by atoms with E-state index < -0.39 is 28.4 Å². The number of esters is 1. The van der Waals surface area contributed by atoms with E-state index in [0.717, 1.165) is 46.0 Å². The molecule has 1 N–H and O–H groups in total. The van der Waals surface area contributed by atoms with E-state index in [-0.39, 0.29) is 11.5 Å². The quantitative estimate of drug-likeness (QED) is 0.384. The van der Waals surface area contributed by atoms with Gasteiger partial charge >= 0.3 is 5.97 Å². The molecule has 2 aromatic carbocycles. The van der Waals surface area contributed by atoms with Gasteiger partial charge in [0.1, 0.15) is 17.3 Å². The Morgan fingerprint density at radius 1 is 1.03 bits per heavy atom. The fraction of sp³-hybridized carbons (Fsp3) is 0.333. The molecule has 1 aliphatic rings. The number of aryl methyl sites for hydroxylation is 2. The van der Waals surface area contributed by atoms with Crippen LogP contribution in [0.25, 0.3) is 0 Å². The third-order valence-corrected chi connectivity index (χ3v) is 9.16. The molecule has 8 nitrogen and oxygen atoms in total. The number of hydrogen-bond donors (Lipinski definition) is 1. The van der Waals surface area contributed by atoms with Gasteiger partial charge in [0, 0.05) is 4.88 Å². The first kappa shape index (κ1) is 26.7. The van der Waals surface area contributed by atoms with Crippen LogP contribution in [0.5, 0.6) is 5.75 Å². The normalized spacial score (nSPS) is 12.9. The number of thiophene rings is 1. The van der Waals surface area contributed by atoms with Crippen molar-refractivity contribution in [3.05, 3.63) is 70.1 Å². The maximum absolute atomic E-state index is 13.7. The Labute approximate surface area is 221 Å². The molecule has 0 fully saturated rings. The molecule has 3 aromatic rings.